The SMILES string of the molecule is Cc1ccc(-c2cc(C(=O)N3CCCCC3C(=O)NCc3ccc4c(c3)OCO4)no2)cc1C. The van der Waals surface area contributed by atoms with Gasteiger partial charge in [-0.1, -0.05) is 23.4 Å². The Morgan fingerprint density at radius 1 is 1.03 bits per heavy atom. The molecule has 176 valence electrons. The highest BCUT2D eigenvalue weighted by molar-refractivity contribution is 5.96. The van der Waals surface area contributed by atoms with Crippen LogP contribution in [0.15, 0.2) is 47.0 Å². The van der Waals surface area contributed by atoms with Crippen LogP contribution >= 0.6 is 0 Å². The average molecular weight is 462 g/mol. The smallest absolute Gasteiger partial charge is 0.276 e. The summed E-state index contributed by atoms with van der Waals surface area (Å²) in [6.07, 6.45) is 2.35. The molecule has 0 saturated carbocycles. The first kappa shape index (κ1) is 22.0. The first-order chi connectivity index (χ1) is 16.5. The fraction of sp³-hybridized carbons (Fsp3) is 0.346. The van der Waals surface area contributed by atoms with Crippen molar-refractivity contribution in [2.45, 2.75) is 45.7 Å². The van der Waals surface area contributed by atoms with Gasteiger partial charge in [-0.15, -0.1) is 0 Å². The van der Waals surface area contributed by atoms with Gasteiger partial charge in [0.15, 0.2) is 23.0 Å². The fourth-order valence-corrected chi connectivity index (χ4v) is 4.36. The zero-order valence-electron chi connectivity index (χ0n) is 19.3. The van der Waals surface area contributed by atoms with E-state index >= 15 is 0 Å². The molecule has 3 aromatic rings. The topological polar surface area (TPSA) is 93.9 Å². The van der Waals surface area contributed by atoms with Crippen molar-refractivity contribution in [2.24, 2.45) is 0 Å². The number of aromatic nitrogens is 1. The molecule has 2 aliphatic heterocycles. The predicted molar refractivity (Wildman–Crippen MR) is 125 cm³/mol. The zero-order valence-corrected chi connectivity index (χ0v) is 19.3. The number of fused-ring (bicyclic) bond motifs is 1. The molecular formula is C26H27N3O5. The minimum atomic E-state index is -0.544. The lowest BCUT2D eigenvalue weighted by molar-refractivity contribution is -0.126. The Hall–Kier alpha value is -3.81. The summed E-state index contributed by atoms with van der Waals surface area (Å²) in [4.78, 5) is 27.9. The normalized spacial score (nSPS) is 17.0. The standard InChI is InChI=1S/C26H27N3O5/c1-16-6-8-19(11-17(16)2)23-13-20(28-34-23)26(31)29-10-4-3-5-21(29)25(30)27-14-18-7-9-22-24(12-18)33-15-32-22/h6-9,11-13,21H,3-5,10,14-15H2,1-2H3,(H,27,30). The van der Waals surface area contributed by atoms with Crippen LogP contribution in [0.25, 0.3) is 11.3 Å². The lowest BCUT2D eigenvalue weighted by Crippen LogP contribution is -2.51. The monoisotopic (exact) mass is 461 g/mol. The maximum Gasteiger partial charge on any atom is 0.276 e. The van der Waals surface area contributed by atoms with Gasteiger partial charge in [-0.25, -0.2) is 0 Å². The van der Waals surface area contributed by atoms with E-state index in [1.165, 1.54) is 5.56 Å². The van der Waals surface area contributed by atoms with Gasteiger partial charge in [0.25, 0.3) is 5.91 Å². The molecular weight excluding hydrogens is 434 g/mol. The first-order valence-corrected chi connectivity index (χ1v) is 11.5. The third-order valence-electron chi connectivity index (χ3n) is 6.49. The van der Waals surface area contributed by atoms with Gasteiger partial charge in [-0.3, -0.25) is 9.59 Å². The van der Waals surface area contributed by atoms with Crippen molar-refractivity contribution in [3.63, 3.8) is 0 Å². The molecule has 0 spiro atoms. The molecule has 8 nitrogen and oxygen atoms in total. The Balaban J connectivity index is 1.27. The van der Waals surface area contributed by atoms with E-state index in [4.69, 9.17) is 14.0 Å². The van der Waals surface area contributed by atoms with E-state index in [2.05, 4.69) is 10.5 Å². The number of nitrogens with one attached hydrogen (secondary N) is 1. The number of nitrogens with zero attached hydrogens (tertiary/aromatic N) is 2. The van der Waals surface area contributed by atoms with E-state index in [1.54, 1.807) is 11.0 Å². The summed E-state index contributed by atoms with van der Waals surface area (Å²) in [6.45, 7) is 5.13. The number of rotatable bonds is 5. The minimum Gasteiger partial charge on any atom is -0.454 e. The summed E-state index contributed by atoms with van der Waals surface area (Å²) >= 11 is 0. The Labute approximate surface area is 197 Å². The molecule has 3 heterocycles. The van der Waals surface area contributed by atoms with Gasteiger partial charge in [0.05, 0.1) is 0 Å². The largest absolute Gasteiger partial charge is 0.454 e. The quantitative estimate of drug-likeness (QED) is 0.617. The predicted octanol–water partition coefficient (Wildman–Crippen LogP) is 4.00. The number of aryl methyl sites for hydroxylation is 2. The summed E-state index contributed by atoms with van der Waals surface area (Å²) in [5.41, 5.74) is 4.30. The van der Waals surface area contributed by atoms with Crippen molar-refractivity contribution >= 4 is 11.8 Å². The molecule has 5 rings (SSSR count). The summed E-state index contributed by atoms with van der Waals surface area (Å²) in [5, 5.41) is 6.98. The van der Waals surface area contributed by atoms with Gasteiger partial charge in [0.1, 0.15) is 6.04 Å². The van der Waals surface area contributed by atoms with E-state index in [0.717, 1.165) is 29.5 Å². The number of benzene rings is 2. The molecule has 1 saturated heterocycles. The molecule has 0 bridgehead atoms. The molecule has 1 N–H and O–H groups in total. The molecule has 2 amide bonds. The number of amides is 2. The van der Waals surface area contributed by atoms with Gasteiger partial charge in [-0.2, -0.15) is 0 Å². The zero-order chi connectivity index (χ0) is 23.7. The van der Waals surface area contributed by atoms with Crippen molar-refractivity contribution in [3.05, 3.63) is 64.8 Å². The lowest BCUT2D eigenvalue weighted by atomic mass is 10.0. The number of carbonyl (C=O) groups excluding carboxylic acids is 2. The molecule has 0 aliphatic carbocycles. The van der Waals surface area contributed by atoms with Crippen LogP contribution in [-0.4, -0.2) is 41.3 Å². The molecule has 0 radical (unpaired) electrons. The molecule has 8 heteroatoms. The third kappa shape index (κ3) is 4.35. The van der Waals surface area contributed by atoms with Crippen molar-refractivity contribution < 1.29 is 23.6 Å². The summed E-state index contributed by atoms with van der Waals surface area (Å²) in [6, 6.07) is 12.7. The Morgan fingerprint density at radius 3 is 2.74 bits per heavy atom. The second-order valence-corrected chi connectivity index (χ2v) is 8.79. The van der Waals surface area contributed by atoms with Gasteiger partial charge in [0, 0.05) is 24.7 Å². The Morgan fingerprint density at radius 2 is 1.88 bits per heavy atom. The van der Waals surface area contributed by atoms with Crippen LogP contribution in [0.1, 0.15) is 46.4 Å². The average Bonchev–Trinajstić information content (AvgIpc) is 3.53. The summed E-state index contributed by atoms with van der Waals surface area (Å²) in [5.74, 6) is 1.44. The van der Waals surface area contributed by atoms with Gasteiger partial charge in [-0.05, 0) is 68.0 Å². The molecule has 34 heavy (non-hydrogen) atoms. The van der Waals surface area contributed by atoms with Gasteiger partial charge < -0.3 is 24.2 Å². The van der Waals surface area contributed by atoms with E-state index in [-0.39, 0.29) is 24.3 Å². The first-order valence-electron chi connectivity index (χ1n) is 11.5. The van der Waals surface area contributed by atoms with Crippen LogP contribution in [-0.2, 0) is 11.3 Å². The van der Waals surface area contributed by atoms with E-state index in [9.17, 15) is 9.59 Å². The van der Waals surface area contributed by atoms with Crippen LogP contribution in [0.4, 0.5) is 0 Å². The molecule has 2 aliphatic rings. The van der Waals surface area contributed by atoms with Crippen LogP contribution in [0.5, 0.6) is 11.5 Å². The highest BCUT2D eigenvalue weighted by Gasteiger charge is 2.34. The third-order valence-corrected chi connectivity index (χ3v) is 6.49. The highest BCUT2D eigenvalue weighted by atomic mass is 16.7. The van der Waals surface area contributed by atoms with Gasteiger partial charge in [0.2, 0.25) is 12.7 Å². The number of likely N-dealkylation sites (tertiary alicyclic amines) is 1. The van der Waals surface area contributed by atoms with Crippen LogP contribution < -0.4 is 14.8 Å². The Bertz CT molecular complexity index is 1230. The van der Waals surface area contributed by atoms with Crippen molar-refractivity contribution in [1.29, 1.82) is 0 Å². The van der Waals surface area contributed by atoms with Crippen molar-refractivity contribution in [2.75, 3.05) is 13.3 Å². The maximum atomic E-state index is 13.3. The van der Waals surface area contributed by atoms with E-state index < -0.39 is 6.04 Å². The van der Waals surface area contributed by atoms with Gasteiger partial charge >= 0.3 is 0 Å². The maximum absolute atomic E-state index is 13.3. The van der Waals surface area contributed by atoms with Crippen LogP contribution in [0, 0.1) is 13.8 Å². The minimum absolute atomic E-state index is 0.177. The molecule has 1 aromatic heterocycles. The number of piperidine rings is 1. The molecule has 1 unspecified atom stereocenters. The van der Waals surface area contributed by atoms with Crippen molar-refractivity contribution in [1.82, 2.24) is 15.4 Å². The molecule has 1 fully saturated rings. The van der Waals surface area contributed by atoms with Crippen molar-refractivity contribution in [3.8, 4) is 22.8 Å². The second-order valence-electron chi connectivity index (χ2n) is 8.79. The Kier molecular flexibility index (Phi) is 5.96. The highest BCUT2D eigenvalue weighted by Crippen LogP contribution is 2.32. The second kappa shape index (κ2) is 9.21. The van der Waals surface area contributed by atoms with Crippen LogP contribution in [0.2, 0.25) is 0 Å². The summed E-state index contributed by atoms with van der Waals surface area (Å²) < 4.78 is 16.2. The van der Waals surface area contributed by atoms with E-state index in [0.29, 0.717) is 36.8 Å². The molecule has 1 atom stereocenters. The summed E-state index contributed by atoms with van der Waals surface area (Å²) in [7, 11) is 0. The number of ether oxygens (including phenoxy) is 2. The van der Waals surface area contributed by atoms with E-state index in [1.807, 2.05) is 50.2 Å². The number of hydrogen-bond donors (Lipinski definition) is 1. The lowest BCUT2D eigenvalue weighted by Gasteiger charge is -2.34. The fourth-order valence-electron chi connectivity index (χ4n) is 4.36. The number of hydrogen-bond acceptors (Lipinski definition) is 6. The number of carbonyl (C=O) groups is 2. The molecule has 2 aromatic carbocycles. The van der Waals surface area contributed by atoms with Crippen LogP contribution in [0.3, 0.4) is 0 Å².